The van der Waals surface area contributed by atoms with Gasteiger partial charge in [0, 0.05) is 37.4 Å². The molecule has 0 unspecified atom stereocenters. The summed E-state index contributed by atoms with van der Waals surface area (Å²) in [6.07, 6.45) is 6.35. The highest BCUT2D eigenvalue weighted by Gasteiger charge is 2.36. The average Bonchev–Trinajstić information content (AvgIpc) is 3.74. The number of ether oxygens (including phenoxy) is 1. The molecule has 192 valence electrons. The molecular weight excluding hydrogens is 478 g/mol. The van der Waals surface area contributed by atoms with Gasteiger partial charge in [-0.3, -0.25) is 9.80 Å². The van der Waals surface area contributed by atoms with Crippen LogP contribution >= 0.6 is 11.6 Å². The van der Waals surface area contributed by atoms with Crippen molar-refractivity contribution < 1.29 is 19.2 Å². The third-order valence-electron chi connectivity index (χ3n) is 7.94. The summed E-state index contributed by atoms with van der Waals surface area (Å²) in [6, 6.07) is 12.1. The SMILES string of the molecule is CN(C(=O)OC1(C)CCN(Cc2cc(C3CC3)c(Cl)c(C3CC3)c2)CC1)c1ccc(N2OCO2)cc1. The monoisotopic (exact) mass is 511 g/mol. The molecule has 1 amide bonds. The number of halogens is 1. The first kappa shape index (κ1) is 24.0. The van der Waals surface area contributed by atoms with Gasteiger partial charge in [0.25, 0.3) is 0 Å². The topological polar surface area (TPSA) is 54.5 Å². The minimum atomic E-state index is -0.473. The fourth-order valence-electron chi connectivity index (χ4n) is 5.19. The number of hydrogen-bond donors (Lipinski definition) is 0. The molecule has 0 aromatic heterocycles. The molecule has 4 fully saturated rings. The predicted octanol–water partition coefficient (Wildman–Crippen LogP) is 6.36. The van der Waals surface area contributed by atoms with Gasteiger partial charge >= 0.3 is 6.09 Å². The zero-order chi connectivity index (χ0) is 24.9. The molecule has 2 saturated heterocycles. The highest BCUT2D eigenvalue weighted by Crippen LogP contribution is 2.50. The van der Waals surface area contributed by atoms with Crippen molar-refractivity contribution in [2.75, 3.05) is 37.1 Å². The second kappa shape index (κ2) is 9.53. The third kappa shape index (κ3) is 5.07. The molecule has 0 spiro atoms. The molecule has 2 aliphatic heterocycles. The number of benzene rings is 2. The number of anilines is 2. The van der Waals surface area contributed by atoms with Gasteiger partial charge < -0.3 is 4.74 Å². The summed E-state index contributed by atoms with van der Waals surface area (Å²) >= 11 is 6.80. The van der Waals surface area contributed by atoms with E-state index in [9.17, 15) is 4.79 Å². The Hall–Kier alpha value is -2.32. The van der Waals surface area contributed by atoms with E-state index < -0.39 is 5.60 Å². The maximum Gasteiger partial charge on any atom is 0.414 e. The highest BCUT2D eigenvalue weighted by atomic mass is 35.5. The van der Waals surface area contributed by atoms with Crippen molar-refractivity contribution in [1.82, 2.24) is 4.90 Å². The first-order valence-corrected chi connectivity index (χ1v) is 13.4. The molecule has 2 saturated carbocycles. The Bertz CT molecular complexity index is 1090. The summed E-state index contributed by atoms with van der Waals surface area (Å²) in [5.74, 6) is 1.31. The normalized spacial score (nSPS) is 21.7. The maximum absolute atomic E-state index is 12.9. The molecule has 8 heteroatoms. The Balaban J connectivity index is 1.05. The second-order valence-electron chi connectivity index (χ2n) is 10.9. The lowest BCUT2D eigenvalue weighted by Gasteiger charge is -2.39. The predicted molar refractivity (Wildman–Crippen MR) is 139 cm³/mol. The fraction of sp³-hybridized carbons (Fsp3) is 0.536. The van der Waals surface area contributed by atoms with Crippen LogP contribution in [0.25, 0.3) is 0 Å². The van der Waals surface area contributed by atoms with Crippen LogP contribution in [-0.4, -0.2) is 43.5 Å². The Morgan fingerprint density at radius 1 is 1.06 bits per heavy atom. The van der Waals surface area contributed by atoms with E-state index in [4.69, 9.17) is 26.0 Å². The van der Waals surface area contributed by atoms with Crippen LogP contribution in [0.2, 0.25) is 5.02 Å². The largest absolute Gasteiger partial charge is 0.443 e. The molecular formula is C28H34ClN3O4. The smallest absolute Gasteiger partial charge is 0.414 e. The van der Waals surface area contributed by atoms with Gasteiger partial charge in [-0.25, -0.2) is 14.5 Å². The molecule has 7 nitrogen and oxygen atoms in total. The van der Waals surface area contributed by atoms with E-state index in [1.807, 2.05) is 24.3 Å². The van der Waals surface area contributed by atoms with E-state index in [1.54, 1.807) is 11.9 Å². The molecule has 2 aromatic carbocycles. The molecule has 0 bridgehead atoms. The Morgan fingerprint density at radius 2 is 1.64 bits per heavy atom. The van der Waals surface area contributed by atoms with Crippen molar-refractivity contribution in [3.05, 3.63) is 58.1 Å². The summed E-state index contributed by atoms with van der Waals surface area (Å²) in [4.78, 5) is 27.3. The molecule has 2 heterocycles. The number of carbonyl (C=O) groups excluding carboxylic acids is 1. The number of likely N-dealkylation sites (tertiary alicyclic amines) is 1. The van der Waals surface area contributed by atoms with E-state index in [0.717, 1.165) is 48.9 Å². The quantitative estimate of drug-likeness (QED) is 0.431. The van der Waals surface area contributed by atoms with Gasteiger partial charge in [0.2, 0.25) is 6.79 Å². The summed E-state index contributed by atoms with van der Waals surface area (Å²) in [5.41, 5.74) is 5.17. The minimum Gasteiger partial charge on any atom is -0.443 e. The van der Waals surface area contributed by atoms with Gasteiger partial charge in [-0.2, -0.15) is 0 Å². The van der Waals surface area contributed by atoms with Gasteiger partial charge in [0.1, 0.15) is 5.60 Å². The van der Waals surface area contributed by atoms with Gasteiger partial charge in [-0.1, -0.05) is 23.7 Å². The van der Waals surface area contributed by atoms with Crippen LogP contribution in [0.15, 0.2) is 36.4 Å². The lowest BCUT2D eigenvalue weighted by atomic mass is 9.92. The molecule has 0 N–H and O–H groups in total. The number of piperidine rings is 1. The average molecular weight is 512 g/mol. The van der Waals surface area contributed by atoms with Gasteiger partial charge in [0.15, 0.2) is 0 Å². The lowest BCUT2D eigenvalue weighted by molar-refractivity contribution is -0.277. The summed E-state index contributed by atoms with van der Waals surface area (Å²) < 4.78 is 6.02. The molecule has 0 atom stereocenters. The van der Waals surface area contributed by atoms with Crippen LogP contribution in [-0.2, 0) is 21.0 Å². The molecule has 2 aliphatic carbocycles. The van der Waals surface area contributed by atoms with Gasteiger partial charge in [-0.15, -0.1) is 5.23 Å². The van der Waals surface area contributed by atoms with Crippen LogP contribution in [0, 0.1) is 0 Å². The lowest BCUT2D eigenvalue weighted by Crippen LogP contribution is -2.46. The van der Waals surface area contributed by atoms with Crippen molar-refractivity contribution in [1.29, 1.82) is 0 Å². The van der Waals surface area contributed by atoms with Crippen LogP contribution in [0.3, 0.4) is 0 Å². The second-order valence-corrected chi connectivity index (χ2v) is 11.3. The van der Waals surface area contributed by atoms with E-state index in [-0.39, 0.29) is 12.9 Å². The van der Waals surface area contributed by atoms with Crippen molar-refractivity contribution in [3.63, 3.8) is 0 Å². The summed E-state index contributed by atoms with van der Waals surface area (Å²) in [5, 5.41) is 2.38. The highest BCUT2D eigenvalue weighted by molar-refractivity contribution is 6.32. The van der Waals surface area contributed by atoms with Crippen molar-refractivity contribution in [3.8, 4) is 0 Å². The molecule has 2 aromatic rings. The first-order valence-electron chi connectivity index (χ1n) is 13.1. The molecule has 0 radical (unpaired) electrons. The van der Waals surface area contributed by atoms with Gasteiger partial charge in [-0.05, 0) is 98.2 Å². The number of rotatable bonds is 7. The number of carbonyl (C=O) groups is 1. The number of hydrogen-bond acceptors (Lipinski definition) is 6. The number of amides is 1. The fourth-order valence-corrected chi connectivity index (χ4v) is 5.61. The van der Waals surface area contributed by atoms with E-state index in [1.165, 1.54) is 47.6 Å². The van der Waals surface area contributed by atoms with Crippen molar-refractivity contribution >= 4 is 29.1 Å². The molecule has 4 aliphatic rings. The zero-order valence-corrected chi connectivity index (χ0v) is 21.8. The van der Waals surface area contributed by atoms with Crippen molar-refractivity contribution in [2.45, 2.75) is 69.4 Å². The first-order chi connectivity index (χ1) is 17.4. The molecule has 6 rings (SSSR count). The number of nitrogens with zero attached hydrogens (tertiary/aromatic N) is 3. The third-order valence-corrected chi connectivity index (χ3v) is 8.37. The summed E-state index contributed by atoms with van der Waals surface area (Å²) in [7, 11) is 1.74. The maximum atomic E-state index is 12.9. The minimum absolute atomic E-state index is 0.257. The van der Waals surface area contributed by atoms with Crippen LogP contribution in [0.1, 0.15) is 74.0 Å². The Morgan fingerprint density at radius 3 is 2.14 bits per heavy atom. The van der Waals surface area contributed by atoms with Gasteiger partial charge in [0.05, 0.1) is 5.69 Å². The standard InChI is InChI=1S/C28H34ClN3O4/c1-28(36-27(33)30(2)22-7-9-23(10-8-22)32-34-18-35-32)11-13-31(14-12-28)17-19-15-24(20-3-4-20)26(29)25(16-19)21-5-6-21/h7-10,15-16,20-21H,3-6,11-14,17-18H2,1-2H3. The van der Waals surface area contributed by atoms with Crippen LogP contribution < -0.4 is 10.1 Å². The summed E-state index contributed by atoms with van der Waals surface area (Å²) in [6.45, 7) is 5.04. The van der Waals surface area contributed by atoms with Crippen LogP contribution in [0.4, 0.5) is 16.2 Å². The van der Waals surface area contributed by atoms with Crippen LogP contribution in [0.5, 0.6) is 0 Å². The molecule has 36 heavy (non-hydrogen) atoms. The van der Waals surface area contributed by atoms with E-state index in [0.29, 0.717) is 11.8 Å². The van der Waals surface area contributed by atoms with Crippen molar-refractivity contribution in [2.24, 2.45) is 0 Å². The Labute approximate surface area is 217 Å². The van der Waals surface area contributed by atoms with E-state index in [2.05, 4.69) is 24.0 Å². The Kier molecular flexibility index (Phi) is 6.36. The van der Waals surface area contributed by atoms with E-state index >= 15 is 0 Å². The zero-order valence-electron chi connectivity index (χ0n) is 21.0.